The number of likely N-dealkylation sites (tertiary alicyclic amines) is 1. The number of aromatic nitrogens is 3. The lowest BCUT2D eigenvalue weighted by Gasteiger charge is -2.36. The van der Waals surface area contributed by atoms with Crippen molar-refractivity contribution in [3.05, 3.63) is 66.1 Å². The van der Waals surface area contributed by atoms with Crippen LogP contribution in [-0.2, 0) is 17.7 Å². The van der Waals surface area contributed by atoms with E-state index in [1.54, 1.807) is 0 Å². The molecule has 2 atom stereocenters. The molecule has 0 amide bonds. The van der Waals surface area contributed by atoms with Crippen molar-refractivity contribution in [1.82, 2.24) is 29.7 Å². The van der Waals surface area contributed by atoms with Crippen LogP contribution in [0.2, 0.25) is 0 Å². The van der Waals surface area contributed by atoms with Gasteiger partial charge in [0.2, 0.25) is 0 Å². The lowest BCUT2D eigenvalue weighted by atomic mass is 10.1. The van der Waals surface area contributed by atoms with Gasteiger partial charge in [-0.3, -0.25) is 14.3 Å². The molecule has 5 rings (SSSR count). The Morgan fingerprint density at radius 1 is 1.12 bits per heavy atom. The third kappa shape index (κ3) is 5.47. The Bertz CT molecular complexity index is 1060. The number of pyridine rings is 1. The molecule has 1 N–H and O–H groups in total. The van der Waals surface area contributed by atoms with Gasteiger partial charge >= 0.3 is 0 Å². The fourth-order valence-corrected chi connectivity index (χ4v) is 4.79. The van der Waals surface area contributed by atoms with E-state index in [1.807, 2.05) is 31.4 Å². The first-order valence-corrected chi connectivity index (χ1v) is 11.5. The molecule has 0 bridgehead atoms. The third-order valence-electron chi connectivity index (χ3n) is 6.40. The van der Waals surface area contributed by atoms with Crippen LogP contribution >= 0.6 is 24.0 Å². The van der Waals surface area contributed by atoms with Crippen LogP contribution in [0.15, 0.2) is 59.7 Å². The van der Waals surface area contributed by atoms with Crippen LogP contribution in [-0.4, -0.2) is 82.3 Å². The highest BCUT2D eigenvalue weighted by molar-refractivity contribution is 14.0. The summed E-state index contributed by atoms with van der Waals surface area (Å²) in [6.07, 6.45) is 4.08. The molecule has 2 aliphatic rings. The number of nitrogens with zero attached hydrogens (tertiary/aromatic N) is 6. The summed E-state index contributed by atoms with van der Waals surface area (Å²) in [7, 11) is 1.86. The number of rotatable bonds is 6. The highest BCUT2D eigenvalue weighted by Crippen LogP contribution is 2.24. The number of benzene rings is 1. The van der Waals surface area contributed by atoms with Crippen LogP contribution in [0.4, 0.5) is 0 Å². The molecule has 3 aromatic rings. The molecule has 1 aromatic carbocycles. The van der Waals surface area contributed by atoms with E-state index in [-0.39, 0.29) is 30.1 Å². The maximum absolute atomic E-state index is 6.13. The Hall–Kier alpha value is -2.24. The van der Waals surface area contributed by atoms with Crippen LogP contribution < -0.4 is 5.32 Å². The number of hydrogen-bond donors (Lipinski definition) is 1. The zero-order chi connectivity index (χ0) is 21.8. The average molecular weight is 561 g/mol. The quantitative estimate of drug-likeness (QED) is 0.216. The third-order valence-corrected chi connectivity index (χ3v) is 6.40. The normalized spacial score (nSPS) is 21.1. The van der Waals surface area contributed by atoms with Gasteiger partial charge in [0, 0.05) is 52.4 Å². The number of aliphatic imine (C=N–C) groups is 1. The van der Waals surface area contributed by atoms with E-state index in [2.05, 4.69) is 65.0 Å². The lowest BCUT2D eigenvalue weighted by molar-refractivity contribution is -0.0502. The van der Waals surface area contributed by atoms with Crippen molar-refractivity contribution in [2.24, 2.45) is 4.99 Å². The molecular formula is C24H32IN7O. The summed E-state index contributed by atoms with van der Waals surface area (Å²) in [5, 5.41) is 12.1. The van der Waals surface area contributed by atoms with Gasteiger partial charge in [-0.1, -0.05) is 36.4 Å². The summed E-state index contributed by atoms with van der Waals surface area (Å²) in [6, 6.07) is 17.1. The Morgan fingerprint density at radius 2 is 1.97 bits per heavy atom. The second-order valence-corrected chi connectivity index (χ2v) is 8.46. The Labute approximate surface area is 212 Å². The fourth-order valence-electron chi connectivity index (χ4n) is 4.79. The number of hydrogen-bond acceptors (Lipinski definition) is 5. The van der Waals surface area contributed by atoms with Gasteiger partial charge in [-0.15, -0.1) is 34.2 Å². The highest BCUT2D eigenvalue weighted by Gasteiger charge is 2.41. The number of nitrogens with one attached hydrogen (secondary N) is 1. The summed E-state index contributed by atoms with van der Waals surface area (Å²) in [4.78, 5) is 9.45. The molecule has 33 heavy (non-hydrogen) atoms. The monoisotopic (exact) mass is 561 g/mol. The van der Waals surface area contributed by atoms with Crippen molar-refractivity contribution in [2.75, 3.05) is 39.8 Å². The Morgan fingerprint density at radius 3 is 2.82 bits per heavy atom. The van der Waals surface area contributed by atoms with E-state index in [4.69, 9.17) is 4.74 Å². The molecule has 2 saturated heterocycles. The largest absolute Gasteiger partial charge is 0.373 e. The van der Waals surface area contributed by atoms with Gasteiger partial charge in [0.1, 0.15) is 5.82 Å². The van der Waals surface area contributed by atoms with Crippen molar-refractivity contribution < 1.29 is 4.74 Å². The minimum atomic E-state index is 0. The van der Waals surface area contributed by atoms with E-state index in [9.17, 15) is 0 Å². The van der Waals surface area contributed by atoms with Gasteiger partial charge in [0.25, 0.3) is 0 Å². The predicted octanol–water partition coefficient (Wildman–Crippen LogP) is 2.44. The number of guanidine groups is 1. The molecule has 4 heterocycles. The van der Waals surface area contributed by atoms with E-state index in [0.29, 0.717) is 6.04 Å². The van der Waals surface area contributed by atoms with Crippen LogP contribution in [0.5, 0.6) is 0 Å². The first kappa shape index (κ1) is 23.9. The van der Waals surface area contributed by atoms with Crippen LogP contribution in [0, 0.1) is 0 Å². The molecule has 8 nitrogen and oxygen atoms in total. The van der Waals surface area contributed by atoms with E-state index in [0.717, 1.165) is 69.6 Å². The molecule has 0 radical (unpaired) electrons. The standard InChI is InChI=1S/C24H31N7O.HI/c1-25-24(26-12-7-11-23-28-27-22-10-5-6-13-31(22)23)30-17-20-21(18-30)32-15-14-29(20)16-19-8-3-2-4-9-19;/h2-6,8-10,13,20-21H,7,11-12,14-18H2,1H3,(H,25,26);1H. The Balaban J connectivity index is 0.00000259. The van der Waals surface area contributed by atoms with E-state index >= 15 is 0 Å². The Kier molecular flexibility index (Phi) is 8.15. The van der Waals surface area contributed by atoms with E-state index < -0.39 is 0 Å². The number of fused-ring (bicyclic) bond motifs is 2. The second kappa shape index (κ2) is 11.3. The van der Waals surface area contributed by atoms with Gasteiger partial charge in [-0.05, 0) is 24.1 Å². The maximum atomic E-state index is 6.13. The molecule has 0 aliphatic carbocycles. The summed E-state index contributed by atoms with van der Waals surface area (Å²) >= 11 is 0. The van der Waals surface area contributed by atoms with Gasteiger partial charge in [0.05, 0.1) is 18.8 Å². The molecule has 2 aromatic heterocycles. The fraction of sp³-hybridized carbons (Fsp3) is 0.458. The maximum Gasteiger partial charge on any atom is 0.193 e. The second-order valence-electron chi connectivity index (χ2n) is 8.46. The van der Waals surface area contributed by atoms with Crippen molar-refractivity contribution in [2.45, 2.75) is 31.5 Å². The average Bonchev–Trinajstić information content (AvgIpc) is 3.45. The number of halogens is 1. The molecule has 176 valence electrons. The zero-order valence-electron chi connectivity index (χ0n) is 19.0. The van der Waals surface area contributed by atoms with Crippen molar-refractivity contribution in [1.29, 1.82) is 0 Å². The summed E-state index contributed by atoms with van der Waals surface area (Å²) < 4.78 is 8.18. The number of aryl methyl sites for hydroxylation is 1. The minimum Gasteiger partial charge on any atom is -0.373 e. The summed E-state index contributed by atoms with van der Waals surface area (Å²) in [6.45, 7) is 5.39. The first-order chi connectivity index (χ1) is 15.8. The van der Waals surface area contributed by atoms with Crippen LogP contribution in [0.3, 0.4) is 0 Å². The van der Waals surface area contributed by atoms with E-state index in [1.165, 1.54) is 5.56 Å². The minimum absolute atomic E-state index is 0. The SMILES string of the molecule is CN=C(NCCCc1nnc2ccccn12)N1CC2OCCN(Cc3ccccc3)C2C1.I. The van der Waals surface area contributed by atoms with Gasteiger partial charge < -0.3 is 15.0 Å². The van der Waals surface area contributed by atoms with Crippen LogP contribution in [0.25, 0.3) is 5.65 Å². The smallest absolute Gasteiger partial charge is 0.193 e. The van der Waals surface area contributed by atoms with Gasteiger partial charge in [0.15, 0.2) is 11.6 Å². The number of morpholine rings is 1. The van der Waals surface area contributed by atoms with Crippen molar-refractivity contribution in [3.63, 3.8) is 0 Å². The highest BCUT2D eigenvalue weighted by atomic mass is 127. The number of ether oxygens (including phenoxy) is 1. The van der Waals surface area contributed by atoms with Crippen molar-refractivity contribution in [3.8, 4) is 0 Å². The van der Waals surface area contributed by atoms with Crippen molar-refractivity contribution >= 4 is 35.6 Å². The first-order valence-electron chi connectivity index (χ1n) is 11.5. The molecular weight excluding hydrogens is 529 g/mol. The predicted molar refractivity (Wildman–Crippen MR) is 140 cm³/mol. The van der Waals surface area contributed by atoms with Gasteiger partial charge in [-0.25, -0.2) is 0 Å². The van der Waals surface area contributed by atoms with Gasteiger partial charge in [-0.2, -0.15) is 0 Å². The molecule has 2 aliphatic heterocycles. The van der Waals surface area contributed by atoms with Crippen LogP contribution in [0.1, 0.15) is 17.8 Å². The topological polar surface area (TPSA) is 70.3 Å². The molecule has 0 spiro atoms. The molecule has 9 heteroatoms. The molecule has 0 saturated carbocycles. The lowest BCUT2D eigenvalue weighted by Crippen LogP contribution is -2.50. The molecule has 2 unspecified atom stereocenters. The summed E-state index contributed by atoms with van der Waals surface area (Å²) in [5.74, 6) is 1.95. The summed E-state index contributed by atoms with van der Waals surface area (Å²) in [5.41, 5.74) is 2.25. The zero-order valence-corrected chi connectivity index (χ0v) is 21.3. The molecule has 2 fully saturated rings.